The van der Waals surface area contributed by atoms with E-state index in [1.807, 2.05) is 0 Å². The summed E-state index contributed by atoms with van der Waals surface area (Å²) in [4.78, 5) is 2.39. The van der Waals surface area contributed by atoms with Crippen LogP contribution in [0.15, 0.2) is 0 Å². The zero-order valence-electron chi connectivity index (χ0n) is 9.11. The molecule has 1 aliphatic rings. The van der Waals surface area contributed by atoms with Gasteiger partial charge in [0.1, 0.15) is 0 Å². The average molecular weight is 203 g/mol. The zero-order valence-corrected chi connectivity index (χ0v) is 9.11. The Morgan fingerprint density at radius 3 is 2.50 bits per heavy atom. The number of hydrogen-bond acceptors (Lipinski definition) is 4. The van der Waals surface area contributed by atoms with Crippen LogP contribution in [-0.2, 0) is 9.47 Å². The first-order valence-electron chi connectivity index (χ1n) is 5.27. The van der Waals surface area contributed by atoms with Crippen molar-refractivity contribution in [2.75, 3.05) is 39.6 Å². The number of aliphatic hydroxyl groups excluding tert-OH is 1. The lowest BCUT2D eigenvalue weighted by Crippen LogP contribution is -2.50. The molecule has 0 aromatic carbocycles. The number of rotatable bonds is 5. The van der Waals surface area contributed by atoms with Crippen LogP contribution >= 0.6 is 0 Å². The Bertz CT molecular complexity index is 144. The molecule has 1 heterocycles. The van der Waals surface area contributed by atoms with E-state index in [1.165, 1.54) is 0 Å². The highest BCUT2D eigenvalue weighted by Crippen LogP contribution is 2.11. The van der Waals surface area contributed by atoms with E-state index in [-0.39, 0.29) is 6.61 Å². The second-order valence-corrected chi connectivity index (χ2v) is 3.81. The number of morpholine rings is 1. The summed E-state index contributed by atoms with van der Waals surface area (Å²) in [5, 5.41) is 8.55. The summed E-state index contributed by atoms with van der Waals surface area (Å²) in [5.41, 5.74) is 0. The molecule has 1 saturated heterocycles. The van der Waals surface area contributed by atoms with Gasteiger partial charge in [-0.1, -0.05) is 0 Å². The summed E-state index contributed by atoms with van der Waals surface area (Å²) in [6, 6.07) is 0.938. The Kier molecular flexibility index (Phi) is 5.40. The largest absolute Gasteiger partial charge is 0.394 e. The normalized spacial score (nSPS) is 29.4. The van der Waals surface area contributed by atoms with E-state index in [2.05, 4.69) is 18.7 Å². The van der Waals surface area contributed by atoms with Crippen molar-refractivity contribution in [2.24, 2.45) is 0 Å². The molecule has 0 radical (unpaired) electrons. The lowest BCUT2D eigenvalue weighted by atomic mass is 10.2. The second kappa shape index (κ2) is 6.35. The van der Waals surface area contributed by atoms with Crippen molar-refractivity contribution in [3.05, 3.63) is 0 Å². The topological polar surface area (TPSA) is 41.9 Å². The van der Waals surface area contributed by atoms with E-state index in [1.54, 1.807) is 0 Å². The molecule has 1 N–H and O–H groups in total. The van der Waals surface area contributed by atoms with E-state index >= 15 is 0 Å². The fourth-order valence-corrected chi connectivity index (χ4v) is 1.81. The summed E-state index contributed by atoms with van der Waals surface area (Å²) >= 11 is 0. The van der Waals surface area contributed by atoms with Gasteiger partial charge in [0.15, 0.2) is 0 Å². The smallest absolute Gasteiger partial charge is 0.0698 e. The first-order chi connectivity index (χ1) is 6.75. The minimum Gasteiger partial charge on any atom is -0.394 e. The van der Waals surface area contributed by atoms with Crippen LogP contribution in [0.3, 0.4) is 0 Å². The molecule has 14 heavy (non-hydrogen) atoms. The maximum Gasteiger partial charge on any atom is 0.0698 e. The predicted octanol–water partition coefficient (Wildman–Crippen LogP) is 0.104. The average Bonchev–Trinajstić information content (AvgIpc) is 2.16. The first kappa shape index (κ1) is 11.9. The van der Waals surface area contributed by atoms with E-state index in [0.717, 1.165) is 19.8 Å². The minimum atomic E-state index is 0.105. The molecule has 4 heteroatoms. The van der Waals surface area contributed by atoms with Crippen molar-refractivity contribution in [1.82, 2.24) is 4.90 Å². The molecular formula is C10H21NO3. The predicted molar refractivity (Wildman–Crippen MR) is 54.4 cm³/mol. The van der Waals surface area contributed by atoms with Gasteiger partial charge >= 0.3 is 0 Å². The van der Waals surface area contributed by atoms with Crippen LogP contribution in [0.25, 0.3) is 0 Å². The Morgan fingerprint density at radius 2 is 1.93 bits per heavy atom. The number of nitrogens with zero attached hydrogens (tertiary/aromatic N) is 1. The standard InChI is InChI=1S/C10H21NO3/c1-9-7-14-8-10(2)11(9)3-5-13-6-4-12/h9-10,12H,3-8H2,1-2H3. The summed E-state index contributed by atoms with van der Waals surface area (Å²) < 4.78 is 10.7. The Balaban J connectivity index is 2.19. The van der Waals surface area contributed by atoms with Gasteiger partial charge in [-0.2, -0.15) is 0 Å². The minimum absolute atomic E-state index is 0.105. The molecule has 1 rings (SSSR count). The van der Waals surface area contributed by atoms with Crippen LogP contribution in [-0.4, -0.2) is 61.7 Å². The molecule has 1 fully saturated rings. The molecule has 0 spiro atoms. The SMILES string of the molecule is CC1COCC(C)N1CCOCCO. The van der Waals surface area contributed by atoms with Crippen molar-refractivity contribution in [3.63, 3.8) is 0 Å². The highest BCUT2D eigenvalue weighted by atomic mass is 16.5. The Morgan fingerprint density at radius 1 is 1.29 bits per heavy atom. The van der Waals surface area contributed by atoms with Gasteiger partial charge in [-0.15, -0.1) is 0 Å². The Hall–Kier alpha value is -0.160. The summed E-state index contributed by atoms with van der Waals surface area (Å²) in [7, 11) is 0. The van der Waals surface area contributed by atoms with Crippen LogP contribution in [0.1, 0.15) is 13.8 Å². The van der Waals surface area contributed by atoms with E-state index in [0.29, 0.717) is 25.3 Å². The van der Waals surface area contributed by atoms with Gasteiger partial charge in [0.2, 0.25) is 0 Å². The lowest BCUT2D eigenvalue weighted by Gasteiger charge is -2.38. The van der Waals surface area contributed by atoms with Gasteiger partial charge in [-0.05, 0) is 13.8 Å². The molecule has 84 valence electrons. The van der Waals surface area contributed by atoms with Gasteiger partial charge in [-0.3, -0.25) is 4.90 Å². The summed E-state index contributed by atoms with van der Waals surface area (Å²) in [6.45, 7) is 8.11. The fourth-order valence-electron chi connectivity index (χ4n) is 1.81. The highest BCUT2D eigenvalue weighted by molar-refractivity contribution is 4.77. The van der Waals surface area contributed by atoms with Gasteiger partial charge in [0.05, 0.1) is 33.0 Å². The quantitative estimate of drug-likeness (QED) is 0.644. The molecule has 0 saturated carbocycles. The lowest BCUT2D eigenvalue weighted by molar-refractivity contribution is -0.0486. The van der Waals surface area contributed by atoms with Gasteiger partial charge in [-0.25, -0.2) is 0 Å². The van der Waals surface area contributed by atoms with Crippen LogP contribution in [0.4, 0.5) is 0 Å². The van der Waals surface area contributed by atoms with Crippen LogP contribution in [0.5, 0.6) is 0 Å². The maximum atomic E-state index is 8.55. The second-order valence-electron chi connectivity index (χ2n) is 3.81. The highest BCUT2D eigenvalue weighted by Gasteiger charge is 2.24. The zero-order chi connectivity index (χ0) is 10.4. The fraction of sp³-hybridized carbons (Fsp3) is 1.00. The van der Waals surface area contributed by atoms with Crippen molar-refractivity contribution in [1.29, 1.82) is 0 Å². The monoisotopic (exact) mass is 203 g/mol. The van der Waals surface area contributed by atoms with Gasteiger partial charge in [0, 0.05) is 18.6 Å². The molecule has 0 aromatic heterocycles. The molecule has 2 unspecified atom stereocenters. The van der Waals surface area contributed by atoms with Crippen LogP contribution in [0.2, 0.25) is 0 Å². The van der Waals surface area contributed by atoms with Gasteiger partial charge < -0.3 is 14.6 Å². The van der Waals surface area contributed by atoms with E-state index in [9.17, 15) is 0 Å². The van der Waals surface area contributed by atoms with Crippen molar-refractivity contribution in [3.8, 4) is 0 Å². The van der Waals surface area contributed by atoms with E-state index in [4.69, 9.17) is 14.6 Å². The first-order valence-corrected chi connectivity index (χ1v) is 5.27. The molecular weight excluding hydrogens is 182 g/mol. The van der Waals surface area contributed by atoms with Crippen molar-refractivity contribution < 1.29 is 14.6 Å². The number of aliphatic hydroxyl groups is 1. The third-order valence-corrected chi connectivity index (χ3v) is 2.58. The van der Waals surface area contributed by atoms with Crippen molar-refractivity contribution >= 4 is 0 Å². The Labute approximate surface area is 85.8 Å². The molecule has 0 aromatic rings. The molecule has 4 nitrogen and oxygen atoms in total. The summed E-state index contributed by atoms with van der Waals surface area (Å²) in [6.07, 6.45) is 0. The molecule has 0 amide bonds. The molecule has 0 bridgehead atoms. The number of ether oxygens (including phenoxy) is 2. The van der Waals surface area contributed by atoms with E-state index < -0.39 is 0 Å². The third kappa shape index (κ3) is 3.53. The molecule has 2 atom stereocenters. The van der Waals surface area contributed by atoms with Crippen LogP contribution in [0, 0.1) is 0 Å². The summed E-state index contributed by atoms with van der Waals surface area (Å²) in [5.74, 6) is 0. The van der Waals surface area contributed by atoms with Gasteiger partial charge in [0.25, 0.3) is 0 Å². The number of hydrogen-bond donors (Lipinski definition) is 1. The third-order valence-electron chi connectivity index (χ3n) is 2.58. The molecule has 0 aliphatic carbocycles. The maximum absolute atomic E-state index is 8.55. The molecule has 1 aliphatic heterocycles. The van der Waals surface area contributed by atoms with Crippen molar-refractivity contribution in [2.45, 2.75) is 25.9 Å². The van der Waals surface area contributed by atoms with Crippen LogP contribution < -0.4 is 0 Å².